The van der Waals surface area contributed by atoms with Crippen LogP contribution >= 0.6 is 11.8 Å². The smallest absolute Gasteiger partial charge is 0.256 e. The summed E-state index contributed by atoms with van der Waals surface area (Å²) in [6.45, 7) is 0.490. The number of ether oxygens (including phenoxy) is 2. The molecule has 236 valence electrons. The predicted octanol–water partition coefficient (Wildman–Crippen LogP) is 8.96. The van der Waals surface area contributed by atoms with Gasteiger partial charge in [-0.1, -0.05) is 133 Å². The molecule has 7 rings (SSSR count). The number of rotatable bonds is 10. The Bertz CT molecular complexity index is 1850. The van der Waals surface area contributed by atoms with Crippen molar-refractivity contribution < 1.29 is 19.0 Å². The SMILES string of the molecule is NCc1cccc(-c2cccc(C3OC(CSc4nc(-c5ccccc5)c(-c5ccccc5)o4)CC(c4ccc(CO)cc4)O3)c2)c1. The van der Waals surface area contributed by atoms with Crippen molar-refractivity contribution in [1.29, 1.82) is 0 Å². The molecule has 5 aromatic carbocycles. The summed E-state index contributed by atoms with van der Waals surface area (Å²) in [7, 11) is 0. The maximum absolute atomic E-state index is 9.59. The van der Waals surface area contributed by atoms with Gasteiger partial charge in [0.25, 0.3) is 5.22 Å². The lowest BCUT2D eigenvalue weighted by molar-refractivity contribution is -0.245. The number of hydrogen-bond acceptors (Lipinski definition) is 7. The van der Waals surface area contributed by atoms with E-state index in [2.05, 4.69) is 42.5 Å². The van der Waals surface area contributed by atoms with Gasteiger partial charge in [0.15, 0.2) is 12.1 Å². The summed E-state index contributed by atoms with van der Waals surface area (Å²) in [5.74, 6) is 1.38. The van der Waals surface area contributed by atoms with Gasteiger partial charge in [-0.15, -0.1) is 0 Å². The molecule has 0 aliphatic carbocycles. The molecule has 47 heavy (non-hydrogen) atoms. The zero-order chi connectivity index (χ0) is 32.0. The Morgan fingerprint density at radius 1 is 0.681 bits per heavy atom. The highest BCUT2D eigenvalue weighted by atomic mass is 32.2. The van der Waals surface area contributed by atoms with E-state index < -0.39 is 6.29 Å². The van der Waals surface area contributed by atoms with Crippen molar-refractivity contribution in [2.75, 3.05) is 5.75 Å². The first-order valence-electron chi connectivity index (χ1n) is 15.8. The third kappa shape index (κ3) is 7.25. The van der Waals surface area contributed by atoms with Gasteiger partial charge < -0.3 is 24.7 Å². The molecule has 1 fully saturated rings. The number of thioether (sulfide) groups is 1. The zero-order valence-corrected chi connectivity index (χ0v) is 26.7. The summed E-state index contributed by atoms with van der Waals surface area (Å²) in [5.41, 5.74) is 14.8. The van der Waals surface area contributed by atoms with Crippen LogP contribution in [-0.2, 0) is 22.6 Å². The van der Waals surface area contributed by atoms with Gasteiger partial charge >= 0.3 is 0 Å². The minimum Gasteiger partial charge on any atom is -0.431 e. The molecule has 1 aromatic heterocycles. The summed E-state index contributed by atoms with van der Waals surface area (Å²) in [6, 6.07) is 44.8. The Labute approximate surface area is 279 Å². The van der Waals surface area contributed by atoms with E-state index in [4.69, 9.17) is 24.6 Å². The molecule has 1 saturated heterocycles. The Morgan fingerprint density at radius 3 is 2.09 bits per heavy atom. The van der Waals surface area contributed by atoms with Crippen molar-refractivity contribution in [3.8, 4) is 33.7 Å². The Kier molecular flexibility index (Phi) is 9.60. The van der Waals surface area contributed by atoms with Crippen LogP contribution in [0.25, 0.3) is 33.7 Å². The lowest BCUT2D eigenvalue weighted by atomic mass is 9.99. The lowest BCUT2D eigenvalue weighted by Gasteiger charge is -2.36. The molecular weight excluding hydrogens is 605 g/mol. The predicted molar refractivity (Wildman–Crippen MR) is 186 cm³/mol. The van der Waals surface area contributed by atoms with Crippen LogP contribution in [0.5, 0.6) is 0 Å². The highest BCUT2D eigenvalue weighted by Gasteiger charge is 2.33. The molecule has 7 heteroatoms. The number of aromatic nitrogens is 1. The van der Waals surface area contributed by atoms with E-state index >= 15 is 0 Å². The molecule has 3 unspecified atom stereocenters. The van der Waals surface area contributed by atoms with Crippen LogP contribution in [-0.4, -0.2) is 21.9 Å². The molecule has 6 nitrogen and oxygen atoms in total. The number of nitrogens with zero attached hydrogens (tertiary/aromatic N) is 1. The molecule has 2 heterocycles. The standard InChI is InChI=1S/C40H36N2O4S/c41-24-28-9-7-14-32(21-28)33-15-8-16-34(22-33)39-44-35(23-36(45-39)29-19-17-27(25-43)18-20-29)26-47-40-42-37(30-10-3-1-4-11-30)38(46-40)31-12-5-2-6-13-31/h1-22,35-36,39,43H,23-26,41H2. The quantitative estimate of drug-likeness (QED) is 0.145. The molecule has 0 bridgehead atoms. The molecule has 1 aliphatic heterocycles. The first-order valence-corrected chi connectivity index (χ1v) is 16.8. The Morgan fingerprint density at radius 2 is 1.36 bits per heavy atom. The van der Waals surface area contributed by atoms with Gasteiger partial charge in [-0.05, 0) is 39.9 Å². The summed E-state index contributed by atoms with van der Waals surface area (Å²) < 4.78 is 19.7. The van der Waals surface area contributed by atoms with Gasteiger partial charge in [0.2, 0.25) is 0 Å². The monoisotopic (exact) mass is 640 g/mol. The summed E-state index contributed by atoms with van der Waals surface area (Å²) >= 11 is 1.55. The fraction of sp³-hybridized carbons (Fsp3) is 0.175. The van der Waals surface area contributed by atoms with Crippen LogP contribution < -0.4 is 5.73 Å². The van der Waals surface area contributed by atoms with Gasteiger partial charge in [0, 0.05) is 35.4 Å². The molecule has 0 saturated carbocycles. The van der Waals surface area contributed by atoms with Crippen molar-refractivity contribution >= 4 is 11.8 Å². The van der Waals surface area contributed by atoms with Gasteiger partial charge in [-0.3, -0.25) is 0 Å². The first kappa shape index (κ1) is 31.1. The van der Waals surface area contributed by atoms with Crippen molar-refractivity contribution in [3.05, 3.63) is 156 Å². The second-order valence-corrected chi connectivity index (χ2v) is 12.6. The molecule has 0 radical (unpaired) electrons. The number of aliphatic hydroxyl groups is 1. The maximum atomic E-state index is 9.59. The molecular formula is C40H36N2O4S. The van der Waals surface area contributed by atoms with E-state index in [1.54, 1.807) is 11.8 Å². The van der Waals surface area contributed by atoms with Crippen molar-refractivity contribution in [2.24, 2.45) is 5.73 Å². The zero-order valence-electron chi connectivity index (χ0n) is 25.9. The van der Waals surface area contributed by atoms with E-state index in [0.29, 0.717) is 23.9 Å². The van der Waals surface area contributed by atoms with Crippen molar-refractivity contribution in [1.82, 2.24) is 4.98 Å². The van der Waals surface area contributed by atoms with E-state index in [1.807, 2.05) is 91.0 Å². The number of nitrogens with two attached hydrogens (primary N) is 1. The molecule has 6 aromatic rings. The molecule has 3 N–H and O–H groups in total. The van der Waals surface area contributed by atoms with E-state index in [1.165, 1.54) is 0 Å². The molecule has 0 spiro atoms. The minimum absolute atomic E-state index is 0.00103. The fourth-order valence-corrected chi connectivity index (χ4v) is 6.71. The van der Waals surface area contributed by atoms with Crippen LogP contribution in [0.2, 0.25) is 0 Å². The highest BCUT2D eigenvalue weighted by molar-refractivity contribution is 7.99. The van der Waals surface area contributed by atoms with Crippen molar-refractivity contribution in [3.63, 3.8) is 0 Å². The lowest BCUT2D eigenvalue weighted by Crippen LogP contribution is -2.31. The van der Waals surface area contributed by atoms with Gasteiger partial charge in [-0.25, -0.2) is 4.98 Å². The van der Waals surface area contributed by atoms with E-state index in [-0.39, 0.29) is 18.8 Å². The average molecular weight is 641 g/mol. The van der Waals surface area contributed by atoms with E-state index in [9.17, 15) is 5.11 Å². The second-order valence-electron chi connectivity index (χ2n) is 11.6. The van der Waals surface area contributed by atoms with Crippen LogP contribution in [0.3, 0.4) is 0 Å². The summed E-state index contributed by atoms with van der Waals surface area (Å²) in [4.78, 5) is 4.95. The summed E-state index contributed by atoms with van der Waals surface area (Å²) in [6.07, 6.45) is -0.241. The number of oxazole rings is 1. The maximum Gasteiger partial charge on any atom is 0.256 e. The molecule has 3 atom stereocenters. The van der Waals surface area contributed by atoms with Crippen LogP contribution in [0, 0.1) is 0 Å². The third-order valence-electron chi connectivity index (χ3n) is 8.35. The second kappa shape index (κ2) is 14.5. The normalized spacial score (nSPS) is 17.9. The van der Waals surface area contributed by atoms with Crippen LogP contribution in [0.4, 0.5) is 0 Å². The average Bonchev–Trinajstić information content (AvgIpc) is 3.59. The highest BCUT2D eigenvalue weighted by Crippen LogP contribution is 2.41. The Hall–Kier alpha value is -4.50. The van der Waals surface area contributed by atoms with Crippen LogP contribution in [0.1, 0.15) is 41.1 Å². The number of hydrogen-bond donors (Lipinski definition) is 2. The fourth-order valence-electron chi connectivity index (χ4n) is 5.87. The molecule has 1 aliphatic rings. The van der Waals surface area contributed by atoms with Gasteiger partial charge in [0.05, 0.1) is 18.8 Å². The Balaban J connectivity index is 1.16. The topological polar surface area (TPSA) is 90.7 Å². The molecule has 0 amide bonds. The third-order valence-corrected chi connectivity index (χ3v) is 9.31. The number of benzene rings is 5. The first-order chi connectivity index (χ1) is 23.2. The number of aliphatic hydroxyl groups excluding tert-OH is 1. The van der Waals surface area contributed by atoms with Gasteiger partial charge in [-0.2, -0.15) is 0 Å². The van der Waals surface area contributed by atoms with Crippen LogP contribution in [0.15, 0.2) is 143 Å². The minimum atomic E-state index is -0.571. The van der Waals surface area contributed by atoms with Crippen molar-refractivity contribution in [2.45, 2.75) is 43.3 Å². The van der Waals surface area contributed by atoms with Gasteiger partial charge in [0.1, 0.15) is 5.69 Å². The largest absolute Gasteiger partial charge is 0.431 e. The van der Waals surface area contributed by atoms with E-state index in [0.717, 1.165) is 56.0 Å². The summed E-state index contributed by atoms with van der Waals surface area (Å²) in [5, 5.41) is 10.2.